The van der Waals surface area contributed by atoms with Crippen molar-refractivity contribution in [1.29, 1.82) is 0 Å². The van der Waals surface area contributed by atoms with E-state index >= 15 is 0 Å². The van der Waals surface area contributed by atoms with E-state index in [4.69, 9.17) is 5.11 Å². The molecule has 0 amide bonds. The maximum atomic E-state index is 10.6. The molecule has 2 rings (SSSR count). The van der Waals surface area contributed by atoms with Gasteiger partial charge in [-0.3, -0.25) is 9.20 Å². The van der Waals surface area contributed by atoms with Crippen molar-refractivity contribution >= 4 is 27.7 Å². The second-order valence-corrected chi connectivity index (χ2v) is 3.46. The molecule has 0 radical (unpaired) electrons. The van der Waals surface area contributed by atoms with Crippen LogP contribution in [-0.2, 0) is 11.2 Å². The monoisotopic (exact) mass is 255 g/mol. The summed E-state index contributed by atoms with van der Waals surface area (Å²) in [7, 11) is 0. The van der Waals surface area contributed by atoms with E-state index in [0.29, 0.717) is 16.1 Å². The summed E-state index contributed by atoms with van der Waals surface area (Å²) in [5.41, 5.74) is 0.598. The van der Waals surface area contributed by atoms with Gasteiger partial charge in [-0.15, -0.1) is 0 Å². The molecule has 0 fully saturated rings. The predicted molar refractivity (Wildman–Crippen MR) is 52.0 cm³/mol. The summed E-state index contributed by atoms with van der Waals surface area (Å²) in [6.45, 7) is 0. The van der Waals surface area contributed by atoms with Crippen molar-refractivity contribution in [2.75, 3.05) is 0 Å². The first-order valence-corrected chi connectivity index (χ1v) is 4.67. The highest BCUT2D eigenvalue weighted by atomic mass is 79.9. The molecule has 5 nitrogen and oxygen atoms in total. The zero-order valence-electron chi connectivity index (χ0n) is 7.01. The smallest absolute Gasteiger partial charge is 0.309 e. The van der Waals surface area contributed by atoms with Crippen LogP contribution in [0.4, 0.5) is 0 Å². The fraction of sp³-hybridized carbons (Fsp3) is 0.125. The molecule has 1 N–H and O–H groups in total. The normalized spacial score (nSPS) is 10.6. The van der Waals surface area contributed by atoms with E-state index in [1.54, 1.807) is 22.9 Å². The van der Waals surface area contributed by atoms with Crippen LogP contribution in [0, 0.1) is 0 Å². The largest absolute Gasteiger partial charge is 0.481 e. The fourth-order valence-electron chi connectivity index (χ4n) is 1.21. The Balaban J connectivity index is 2.62. The average molecular weight is 256 g/mol. The molecule has 0 spiro atoms. The lowest BCUT2D eigenvalue weighted by Crippen LogP contribution is -2.03. The molecule has 0 saturated heterocycles. The minimum Gasteiger partial charge on any atom is -0.481 e. The van der Waals surface area contributed by atoms with Gasteiger partial charge in [-0.05, 0) is 22.0 Å². The van der Waals surface area contributed by atoms with Crippen molar-refractivity contribution in [2.24, 2.45) is 0 Å². The molecule has 2 aromatic rings. The first-order chi connectivity index (χ1) is 6.68. The number of fused-ring (bicyclic) bond motifs is 1. The Morgan fingerprint density at radius 2 is 2.43 bits per heavy atom. The van der Waals surface area contributed by atoms with Crippen LogP contribution in [0.25, 0.3) is 5.78 Å². The molecule has 0 aromatic carbocycles. The molecule has 2 heterocycles. The number of carbonyl (C=O) groups is 1. The number of nitrogens with zero attached hydrogens (tertiary/aromatic N) is 3. The molecule has 0 aliphatic carbocycles. The standard InChI is InChI=1S/C8H6BrN3O2/c9-7-5(4-6(13)14)12-3-1-2-10-8(12)11-7/h1-3H,4H2,(H,13,14). The number of rotatable bonds is 2. The van der Waals surface area contributed by atoms with Crippen molar-refractivity contribution in [1.82, 2.24) is 14.4 Å². The Labute approximate surface area is 87.5 Å². The van der Waals surface area contributed by atoms with E-state index in [2.05, 4.69) is 25.9 Å². The molecular weight excluding hydrogens is 250 g/mol. The molecule has 0 unspecified atom stereocenters. The number of carboxylic acids is 1. The molecule has 0 saturated carbocycles. The van der Waals surface area contributed by atoms with Gasteiger partial charge in [-0.1, -0.05) is 0 Å². The summed E-state index contributed by atoms with van der Waals surface area (Å²) in [4.78, 5) is 18.7. The first kappa shape index (κ1) is 9.14. The van der Waals surface area contributed by atoms with Gasteiger partial charge in [0, 0.05) is 12.4 Å². The van der Waals surface area contributed by atoms with Crippen molar-refractivity contribution < 1.29 is 9.90 Å². The Morgan fingerprint density at radius 3 is 3.14 bits per heavy atom. The molecular formula is C8H6BrN3O2. The van der Waals surface area contributed by atoms with Crippen LogP contribution in [0.2, 0.25) is 0 Å². The third-order valence-electron chi connectivity index (χ3n) is 1.77. The lowest BCUT2D eigenvalue weighted by Gasteiger charge is -1.96. The molecule has 0 atom stereocenters. The summed E-state index contributed by atoms with van der Waals surface area (Å²) in [6.07, 6.45) is 3.27. The fourth-order valence-corrected chi connectivity index (χ4v) is 1.70. The molecule has 6 heteroatoms. The quantitative estimate of drug-likeness (QED) is 0.874. The molecule has 14 heavy (non-hydrogen) atoms. The highest BCUT2D eigenvalue weighted by Crippen LogP contribution is 2.17. The lowest BCUT2D eigenvalue weighted by molar-refractivity contribution is -0.136. The maximum Gasteiger partial charge on any atom is 0.309 e. The SMILES string of the molecule is O=C(O)Cc1c(Br)nc2ncccn12. The topological polar surface area (TPSA) is 67.5 Å². The molecule has 2 aromatic heterocycles. The van der Waals surface area contributed by atoms with Crippen LogP contribution < -0.4 is 0 Å². The molecule has 0 aliphatic rings. The van der Waals surface area contributed by atoms with Crippen molar-refractivity contribution in [2.45, 2.75) is 6.42 Å². The maximum absolute atomic E-state index is 10.6. The van der Waals surface area contributed by atoms with Crippen LogP contribution >= 0.6 is 15.9 Å². The van der Waals surface area contributed by atoms with E-state index in [1.807, 2.05) is 0 Å². The Hall–Kier alpha value is -1.43. The molecule has 72 valence electrons. The summed E-state index contributed by atoms with van der Waals surface area (Å²) in [5, 5.41) is 8.69. The minimum absolute atomic E-state index is 0.0759. The number of imidazole rings is 1. The molecule has 0 aliphatic heterocycles. The van der Waals surface area contributed by atoms with E-state index < -0.39 is 5.97 Å². The van der Waals surface area contributed by atoms with Crippen LogP contribution in [0.5, 0.6) is 0 Å². The summed E-state index contributed by atoms with van der Waals surface area (Å²) >= 11 is 3.20. The van der Waals surface area contributed by atoms with Crippen molar-refractivity contribution in [3.8, 4) is 0 Å². The van der Waals surface area contributed by atoms with Gasteiger partial charge < -0.3 is 5.11 Å². The highest BCUT2D eigenvalue weighted by Gasteiger charge is 2.12. The van der Waals surface area contributed by atoms with Crippen LogP contribution in [0.3, 0.4) is 0 Å². The third kappa shape index (κ3) is 1.48. The third-order valence-corrected chi connectivity index (χ3v) is 2.41. The van der Waals surface area contributed by atoms with Gasteiger partial charge in [0.2, 0.25) is 5.78 Å². The number of aromatic nitrogens is 3. The van der Waals surface area contributed by atoms with Crippen LogP contribution in [-0.4, -0.2) is 25.4 Å². The van der Waals surface area contributed by atoms with Gasteiger partial charge in [0.15, 0.2) is 0 Å². The van der Waals surface area contributed by atoms with Crippen molar-refractivity contribution in [3.05, 3.63) is 28.8 Å². The summed E-state index contributed by atoms with van der Waals surface area (Å²) in [6, 6.07) is 1.73. The zero-order valence-corrected chi connectivity index (χ0v) is 8.60. The lowest BCUT2D eigenvalue weighted by atomic mass is 10.3. The van der Waals surface area contributed by atoms with Gasteiger partial charge in [-0.25, -0.2) is 9.97 Å². The number of halogens is 1. The zero-order chi connectivity index (χ0) is 10.1. The van der Waals surface area contributed by atoms with Gasteiger partial charge in [0.25, 0.3) is 0 Å². The first-order valence-electron chi connectivity index (χ1n) is 3.87. The summed E-state index contributed by atoms with van der Waals surface area (Å²) < 4.78 is 2.18. The second-order valence-electron chi connectivity index (χ2n) is 2.71. The van der Waals surface area contributed by atoms with Crippen molar-refractivity contribution in [3.63, 3.8) is 0 Å². The second kappa shape index (κ2) is 3.38. The Kier molecular flexibility index (Phi) is 2.20. The van der Waals surface area contributed by atoms with Gasteiger partial charge in [0.05, 0.1) is 12.1 Å². The number of aliphatic carboxylic acids is 1. The van der Waals surface area contributed by atoms with Gasteiger partial charge in [0.1, 0.15) is 4.60 Å². The molecule has 0 bridgehead atoms. The predicted octanol–water partition coefficient (Wildman–Crippen LogP) is 1.12. The van der Waals surface area contributed by atoms with E-state index in [9.17, 15) is 4.79 Å². The Morgan fingerprint density at radius 1 is 1.64 bits per heavy atom. The number of carboxylic acid groups (broad SMARTS) is 1. The number of hydrogen-bond acceptors (Lipinski definition) is 3. The summed E-state index contributed by atoms with van der Waals surface area (Å²) in [5.74, 6) is -0.396. The Bertz CT molecular complexity index is 494. The van der Waals surface area contributed by atoms with E-state index in [1.165, 1.54) is 0 Å². The number of hydrogen-bond donors (Lipinski definition) is 1. The van der Waals surface area contributed by atoms with Crippen LogP contribution in [0.15, 0.2) is 23.1 Å². The van der Waals surface area contributed by atoms with Gasteiger partial charge in [-0.2, -0.15) is 0 Å². The van der Waals surface area contributed by atoms with Gasteiger partial charge >= 0.3 is 5.97 Å². The van der Waals surface area contributed by atoms with Crippen LogP contribution in [0.1, 0.15) is 5.69 Å². The average Bonchev–Trinajstić information content (AvgIpc) is 2.43. The highest BCUT2D eigenvalue weighted by molar-refractivity contribution is 9.10. The van der Waals surface area contributed by atoms with E-state index in [0.717, 1.165) is 0 Å². The minimum atomic E-state index is -0.892. The van der Waals surface area contributed by atoms with E-state index in [-0.39, 0.29) is 6.42 Å².